The number of rotatable bonds is 4. The van der Waals surface area contributed by atoms with Gasteiger partial charge in [0.15, 0.2) is 0 Å². The Balaban J connectivity index is 1.68. The maximum atomic E-state index is 12.4. The molecule has 116 valence electrons. The minimum Gasteiger partial charge on any atom is -0.348 e. The van der Waals surface area contributed by atoms with E-state index in [9.17, 15) is 4.79 Å². The molecule has 3 rings (SSSR count). The molecule has 2 heterocycles. The van der Waals surface area contributed by atoms with Gasteiger partial charge in [-0.2, -0.15) is 0 Å². The minimum atomic E-state index is -0.0436. The third kappa shape index (κ3) is 3.30. The number of likely N-dealkylation sites (N-methyl/N-ethyl adjacent to an activating group) is 1. The van der Waals surface area contributed by atoms with Gasteiger partial charge in [0, 0.05) is 18.2 Å². The number of likely N-dealkylation sites (tertiary alicyclic amines) is 1. The average Bonchev–Trinajstić information content (AvgIpc) is 3.09. The highest BCUT2D eigenvalue weighted by Crippen LogP contribution is 2.12. The van der Waals surface area contributed by atoms with Gasteiger partial charge in [-0.1, -0.05) is 13.0 Å². The minimum absolute atomic E-state index is 0.0436. The lowest BCUT2D eigenvalue weighted by Gasteiger charge is -2.32. The Bertz CT molecular complexity index is 627. The van der Waals surface area contributed by atoms with Gasteiger partial charge >= 0.3 is 0 Å². The van der Waals surface area contributed by atoms with Crippen molar-refractivity contribution in [3.63, 3.8) is 0 Å². The summed E-state index contributed by atoms with van der Waals surface area (Å²) in [6.07, 6.45) is 3.68. The Morgan fingerprint density at radius 3 is 3.14 bits per heavy atom. The third-order valence-corrected chi connectivity index (χ3v) is 4.01. The van der Waals surface area contributed by atoms with Gasteiger partial charge in [-0.25, -0.2) is 4.68 Å². The first kappa shape index (κ1) is 14.6. The van der Waals surface area contributed by atoms with Crippen LogP contribution in [0.1, 0.15) is 30.1 Å². The lowest BCUT2D eigenvalue weighted by molar-refractivity contribution is 0.0906. The third-order valence-electron chi connectivity index (χ3n) is 4.01. The molecule has 1 saturated heterocycles. The zero-order valence-electron chi connectivity index (χ0n) is 12.6. The van der Waals surface area contributed by atoms with Crippen LogP contribution in [0.2, 0.25) is 0 Å². The molecule has 1 atom stereocenters. The van der Waals surface area contributed by atoms with Gasteiger partial charge in [0.05, 0.1) is 5.69 Å². The van der Waals surface area contributed by atoms with E-state index in [1.165, 1.54) is 11.0 Å². The van der Waals surface area contributed by atoms with Crippen LogP contribution in [0.25, 0.3) is 5.69 Å². The van der Waals surface area contributed by atoms with Crippen molar-refractivity contribution >= 4 is 5.91 Å². The number of hydrogen-bond acceptors (Lipinski definition) is 5. The fourth-order valence-corrected chi connectivity index (χ4v) is 2.80. The molecule has 2 aromatic rings. The molecule has 1 aliphatic heterocycles. The van der Waals surface area contributed by atoms with Crippen LogP contribution in [0.5, 0.6) is 0 Å². The first-order valence-electron chi connectivity index (χ1n) is 7.63. The standard InChI is InChI=1S/C15H20N6O/c1-2-20-8-4-6-13(10-20)17-15(22)12-5-3-7-14(9-12)21-11-16-18-19-21/h3,5,7,9,11,13H,2,4,6,8,10H2,1H3,(H,17,22). The van der Waals surface area contributed by atoms with Crippen LogP contribution >= 0.6 is 0 Å². The molecular formula is C15H20N6O. The fraction of sp³-hybridized carbons (Fsp3) is 0.467. The summed E-state index contributed by atoms with van der Waals surface area (Å²) in [7, 11) is 0. The molecule has 1 aliphatic rings. The number of hydrogen-bond donors (Lipinski definition) is 1. The highest BCUT2D eigenvalue weighted by atomic mass is 16.1. The molecule has 0 aliphatic carbocycles. The van der Waals surface area contributed by atoms with Crippen LogP contribution in [0.3, 0.4) is 0 Å². The van der Waals surface area contributed by atoms with E-state index in [2.05, 4.69) is 32.7 Å². The number of amides is 1. The number of nitrogens with one attached hydrogen (secondary N) is 1. The summed E-state index contributed by atoms with van der Waals surface area (Å²) in [6, 6.07) is 7.53. The van der Waals surface area contributed by atoms with Crippen molar-refractivity contribution in [1.29, 1.82) is 0 Å². The zero-order valence-corrected chi connectivity index (χ0v) is 12.6. The topological polar surface area (TPSA) is 75.9 Å². The molecule has 1 aromatic heterocycles. The number of nitrogens with zero attached hydrogens (tertiary/aromatic N) is 5. The van der Waals surface area contributed by atoms with Crippen LogP contribution in [0.4, 0.5) is 0 Å². The van der Waals surface area contributed by atoms with E-state index in [0.717, 1.165) is 38.2 Å². The predicted molar refractivity (Wildman–Crippen MR) is 81.8 cm³/mol. The summed E-state index contributed by atoms with van der Waals surface area (Å²) < 4.78 is 1.54. The number of tetrazole rings is 1. The fourth-order valence-electron chi connectivity index (χ4n) is 2.80. The van der Waals surface area contributed by atoms with Crippen LogP contribution in [-0.2, 0) is 0 Å². The summed E-state index contributed by atoms with van der Waals surface area (Å²) in [5.74, 6) is -0.0436. The van der Waals surface area contributed by atoms with Crippen molar-refractivity contribution in [3.8, 4) is 5.69 Å². The zero-order chi connectivity index (χ0) is 15.4. The predicted octanol–water partition coefficient (Wildman–Crippen LogP) is 0.876. The summed E-state index contributed by atoms with van der Waals surface area (Å²) in [5.41, 5.74) is 1.40. The Hall–Kier alpha value is -2.28. The van der Waals surface area contributed by atoms with E-state index < -0.39 is 0 Å². The second-order valence-corrected chi connectivity index (χ2v) is 5.51. The van der Waals surface area contributed by atoms with E-state index in [0.29, 0.717) is 5.56 Å². The number of carbonyl (C=O) groups excluding carboxylic acids is 1. The van der Waals surface area contributed by atoms with Gasteiger partial charge in [0.25, 0.3) is 5.91 Å². The lowest BCUT2D eigenvalue weighted by atomic mass is 10.0. The number of aromatic nitrogens is 4. The highest BCUT2D eigenvalue weighted by Gasteiger charge is 2.20. The SMILES string of the molecule is CCN1CCCC(NC(=O)c2cccc(-n3cnnn3)c2)C1. The molecule has 1 amide bonds. The molecule has 0 radical (unpaired) electrons. The summed E-state index contributed by atoms with van der Waals surface area (Å²) in [5, 5.41) is 14.2. The number of benzene rings is 1. The monoisotopic (exact) mass is 300 g/mol. The van der Waals surface area contributed by atoms with Gasteiger partial charge in [-0.05, 0) is 54.6 Å². The van der Waals surface area contributed by atoms with Gasteiger partial charge in [0.2, 0.25) is 0 Å². The second-order valence-electron chi connectivity index (χ2n) is 5.51. The molecule has 1 fully saturated rings. The second kappa shape index (κ2) is 6.65. The van der Waals surface area contributed by atoms with Crippen molar-refractivity contribution in [2.45, 2.75) is 25.8 Å². The first-order valence-corrected chi connectivity index (χ1v) is 7.63. The molecule has 0 bridgehead atoms. The Morgan fingerprint density at radius 1 is 1.45 bits per heavy atom. The van der Waals surface area contributed by atoms with Crippen molar-refractivity contribution in [2.75, 3.05) is 19.6 Å². The Morgan fingerprint density at radius 2 is 2.36 bits per heavy atom. The molecule has 7 nitrogen and oxygen atoms in total. The van der Waals surface area contributed by atoms with Gasteiger partial charge in [-0.3, -0.25) is 4.79 Å². The molecular weight excluding hydrogens is 280 g/mol. The van der Waals surface area contributed by atoms with Crippen LogP contribution in [-0.4, -0.2) is 56.7 Å². The smallest absolute Gasteiger partial charge is 0.251 e. The quantitative estimate of drug-likeness (QED) is 0.907. The maximum absolute atomic E-state index is 12.4. The van der Waals surface area contributed by atoms with E-state index in [-0.39, 0.29) is 11.9 Å². The molecule has 22 heavy (non-hydrogen) atoms. The molecule has 0 saturated carbocycles. The largest absolute Gasteiger partial charge is 0.348 e. The van der Waals surface area contributed by atoms with E-state index in [1.54, 1.807) is 6.07 Å². The Kier molecular flexibility index (Phi) is 4.43. The van der Waals surface area contributed by atoms with E-state index >= 15 is 0 Å². The van der Waals surface area contributed by atoms with Crippen LogP contribution in [0.15, 0.2) is 30.6 Å². The first-order chi connectivity index (χ1) is 10.8. The van der Waals surface area contributed by atoms with Crippen LogP contribution < -0.4 is 5.32 Å². The molecule has 0 spiro atoms. The Labute approximate surface area is 129 Å². The van der Waals surface area contributed by atoms with Crippen LogP contribution in [0, 0.1) is 0 Å². The number of piperidine rings is 1. The average molecular weight is 300 g/mol. The van der Waals surface area contributed by atoms with Gasteiger partial charge in [-0.15, -0.1) is 5.10 Å². The van der Waals surface area contributed by atoms with Crippen molar-refractivity contribution < 1.29 is 4.79 Å². The normalized spacial score (nSPS) is 19.0. The molecule has 1 N–H and O–H groups in total. The maximum Gasteiger partial charge on any atom is 0.251 e. The molecule has 7 heteroatoms. The summed E-state index contributed by atoms with van der Waals surface area (Å²) >= 11 is 0. The van der Waals surface area contributed by atoms with Crippen molar-refractivity contribution in [1.82, 2.24) is 30.4 Å². The van der Waals surface area contributed by atoms with Gasteiger partial charge in [0.1, 0.15) is 6.33 Å². The van der Waals surface area contributed by atoms with Crippen molar-refractivity contribution in [2.24, 2.45) is 0 Å². The molecule has 1 aromatic carbocycles. The molecule has 1 unspecified atom stereocenters. The highest BCUT2D eigenvalue weighted by molar-refractivity contribution is 5.94. The summed E-state index contributed by atoms with van der Waals surface area (Å²) in [4.78, 5) is 14.8. The van der Waals surface area contributed by atoms with Crippen molar-refractivity contribution in [3.05, 3.63) is 36.2 Å². The van der Waals surface area contributed by atoms with E-state index in [1.807, 2.05) is 18.2 Å². The number of carbonyl (C=O) groups is 1. The van der Waals surface area contributed by atoms with E-state index in [4.69, 9.17) is 0 Å². The lowest BCUT2D eigenvalue weighted by Crippen LogP contribution is -2.47. The summed E-state index contributed by atoms with van der Waals surface area (Å²) in [6.45, 7) is 5.23. The van der Waals surface area contributed by atoms with Gasteiger partial charge < -0.3 is 10.2 Å².